The van der Waals surface area contributed by atoms with Gasteiger partial charge in [0, 0.05) is 16.6 Å². The summed E-state index contributed by atoms with van der Waals surface area (Å²) in [4.78, 5) is 11.0. The van der Waals surface area contributed by atoms with E-state index in [0.717, 1.165) is 21.7 Å². The normalized spacial score (nSPS) is 13.5. The number of rotatable bonds is 3. The largest absolute Gasteiger partial charge is 0.363 e. The number of aromatic nitrogens is 4. The zero-order valence-corrected chi connectivity index (χ0v) is 15.3. The minimum atomic E-state index is -0.0185. The van der Waals surface area contributed by atoms with Gasteiger partial charge in [-0.15, -0.1) is 11.3 Å². The highest BCUT2D eigenvalue weighted by Crippen LogP contribution is 2.30. The van der Waals surface area contributed by atoms with Crippen molar-refractivity contribution in [2.75, 3.05) is 5.32 Å². The fourth-order valence-electron chi connectivity index (χ4n) is 2.62. The van der Waals surface area contributed by atoms with E-state index in [0.29, 0.717) is 0 Å². The average Bonchev–Trinajstić information content (AvgIpc) is 3.01. The summed E-state index contributed by atoms with van der Waals surface area (Å²) in [5.41, 5.74) is 2.22. The molecule has 0 amide bonds. The van der Waals surface area contributed by atoms with Gasteiger partial charge in [0.05, 0.1) is 22.7 Å². The Labute approximate surface area is 140 Å². The molecule has 0 radical (unpaired) electrons. The molecule has 6 heteroatoms. The molecule has 0 aliphatic rings. The average molecular weight is 329 g/mol. The Hall–Kier alpha value is -1.95. The number of anilines is 1. The van der Waals surface area contributed by atoms with Crippen LogP contribution in [-0.2, 0) is 5.54 Å². The molecule has 3 aromatic heterocycles. The van der Waals surface area contributed by atoms with E-state index in [4.69, 9.17) is 0 Å². The fourth-order valence-corrected chi connectivity index (χ4v) is 3.46. The standard InChI is InChI=1S/C17H23N5S/c1-10-7-13-15(18-9-19-16(13)23-10)20-11(2)14-8-22(17(4,5)6)21-12(14)3/h7-9,11H,1-6H3,(H,18,19,20). The Kier molecular flexibility index (Phi) is 3.88. The van der Waals surface area contributed by atoms with Crippen molar-refractivity contribution in [1.29, 1.82) is 0 Å². The first kappa shape index (κ1) is 15.9. The number of fused-ring (bicyclic) bond motifs is 1. The lowest BCUT2D eigenvalue weighted by Crippen LogP contribution is -2.22. The van der Waals surface area contributed by atoms with Crippen LogP contribution in [0.15, 0.2) is 18.6 Å². The van der Waals surface area contributed by atoms with E-state index in [1.807, 2.05) is 4.68 Å². The highest BCUT2D eigenvalue weighted by molar-refractivity contribution is 7.18. The van der Waals surface area contributed by atoms with Crippen molar-refractivity contribution in [3.8, 4) is 0 Å². The first-order chi connectivity index (χ1) is 10.8. The Bertz CT molecular complexity index is 840. The lowest BCUT2D eigenvalue weighted by Gasteiger charge is -2.19. The van der Waals surface area contributed by atoms with E-state index in [1.54, 1.807) is 17.7 Å². The molecule has 3 rings (SSSR count). The lowest BCUT2D eigenvalue weighted by molar-refractivity contribution is 0.354. The lowest BCUT2D eigenvalue weighted by atomic mass is 10.1. The number of thiophene rings is 1. The molecule has 0 spiro atoms. The van der Waals surface area contributed by atoms with E-state index in [-0.39, 0.29) is 11.6 Å². The molecule has 1 N–H and O–H groups in total. The molecule has 0 saturated heterocycles. The summed E-state index contributed by atoms with van der Waals surface area (Å²) in [5.74, 6) is 0.884. The molecule has 0 bridgehead atoms. The van der Waals surface area contributed by atoms with E-state index in [1.165, 1.54) is 10.4 Å². The van der Waals surface area contributed by atoms with Crippen molar-refractivity contribution >= 4 is 27.4 Å². The molecule has 1 atom stereocenters. The number of nitrogens with one attached hydrogen (secondary N) is 1. The molecule has 0 fully saturated rings. The van der Waals surface area contributed by atoms with Gasteiger partial charge in [-0.1, -0.05) is 0 Å². The monoisotopic (exact) mass is 329 g/mol. The molecule has 122 valence electrons. The number of hydrogen-bond donors (Lipinski definition) is 1. The van der Waals surface area contributed by atoms with Gasteiger partial charge in [0.2, 0.25) is 0 Å². The second-order valence-electron chi connectivity index (χ2n) is 6.95. The molecule has 1 unspecified atom stereocenters. The molecule has 5 nitrogen and oxygen atoms in total. The summed E-state index contributed by atoms with van der Waals surface area (Å²) >= 11 is 1.69. The predicted molar refractivity (Wildman–Crippen MR) is 96.1 cm³/mol. The van der Waals surface area contributed by atoms with Crippen LogP contribution in [0, 0.1) is 13.8 Å². The van der Waals surface area contributed by atoms with Crippen molar-refractivity contribution in [2.45, 2.75) is 53.1 Å². The Morgan fingerprint density at radius 1 is 1.22 bits per heavy atom. The molecule has 0 aliphatic heterocycles. The van der Waals surface area contributed by atoms with Crippen LogP contribution in [0.1, 0.15) is 49.9 Å². The van der Waals surface area contributed by atoms with Crippen molar-refractivity contribution in [1.82, 2.24) is 19.7 Å². The molecule has 0 aromatic carbocycles. The summed E-state index contributed by atoms with van der Waals surface area (Å²) in [6.07, 6.45) is 3.75. The van der Waals surface area contributed by atoms with Crippen molar-refractivity contribution in [2.24, 2.45) is 0 Å². The zero-order valence-electron chi connectivity index (χ0n) is 14.5. The van der Waals surface area contributed by atoms with Gasteiger partial charge in [0.25, 0.3) is 0 Å². The maximum atomic E-state index is 4.66. The van der Waals surface area contributed by atoms with Gasteiger partial charge >= 0.3 is 0 Å². The molecule has 0 saturated carbocycles. The summed E-state index contributed by atoms with van der Waals surface area (Å²) in [6, 6.07) is 2.27. The van der Waals surface area contributed by atoms with Gasteiger partial charge in [-0.25, -0.2) is 9.97 Å². The molecule has 23 heavy (non-hydrogen) atoms. The third kappa shape index (κ3) is 3.08. The number of hydrogen-bond acceptors (Lipinski definition) is 5. The summed E-state index contributed by atoms with van der Waals surface area (Å²) in [5, 5.41) is 9.27. The van der Waals surface area contributed by atoms with Crippen LogP contribution in [0.4, 0.5) is 5.82 Å². The number of nitrogens with zero attached hydrogens (tertiary/aromatic N) is 4. The Morgan fingerprint density at radius 2 is 1.96 bits per heavy atom. The van der Waals surface area contributed by atoms with E-state index < -0.39 is 0 Å². The number of aryl methyl sites for hydroxylation is 2. The van der Waals surface area contributed by atoms with Crippen LogP contribution in [0.3, 0.4) is 0 Å². The topological polar surface area (TPSA) is 55.6 Å². The summed E-state index contributed by atoms with van der Waals surface area (Å²) < 4.78 is 2.03. The van der Waals surface area contributed by atoms with Gasteiger partial charge < -0.3 is 5.32 Å². The third-order valence-corrected chi connectivity index (χ3v) is 4.86. The molecular weight excluding hydrogens is 306 g/mol. The second kappa shape index (κ2) is 5.60. The van der Waals surface area contributed by atoms with Crippen molar-refractivity contribution < 1.29 is 0 Å². The van der Waals surface area contributed by atoms with E-state index in [2.05, 4.69) is 74.2 Å². The fraction of sp³-hybridized carbons (Fsp3) is 0.471. The maximum Gasteiger partial charge on any atom is 0.138 e. The van der Waals surface area contributed by atoms with Crippen molar-refractivity contribution in [3.05, 3.63) is 34.7 Å². The molecular formula is C17H23N5S. The van der Waals surface area contributed by atoms with Gasteiger partial charge in [0.1, 0.15) is 17.0 Å². The predicted octanol–water partition coefficient (Wildman–Crippen LogP) is 4.43. The SMILES string of the molecule is Cc1cc2c(NC(C)c3cn(C(C)(C)C)nc3C)ncnc2s1. The minimum Gasteiger partial charge on any atom is -0.363 e. The second-order valence-corrected chi connectivity index (χ2v) is 8.18. The summed E-state index contributed by atoms with van der Waals surface area (Å²) in [6.45, 7) is 12.8. The third-order valence-electron chi connectivity index (χ3n) is 3.90. The quantitative estimate of drug-likeness (QED) is 0.772. The van der Waals surface area contributed by atoms with Gasteiger partial charge in [-0.2, -0.15) is 5.10 Å². The Morgan fingerprint density at radius 3 is 2.61 bits per heavy atom. The van der Waals surface area contributed by atoms with Crippen LogP contribution in [-0.4, -0.2) is 19.7 Å². The van der Waals surface area contributed by atoms with Crippen LogP contribution >= 0.6 is 11.3 Å². The van der Waals surface area contributed by atoms with E-state index in [9.17, 15) is 0 Å². The maximum absolute atomic E-state index is 4.66. The minimum absolute atomic E-state index is 0.0185. The zero-order chi connectivity index (χ0) is 16.8. The van der Waals surface area contributed by atoms with Gasteiger partial charge in [-0.3, -0.25) is 4.68 Å². The van der Waals surface area contributed by atoms with Crippen LogP contribution < -0.4 is 5.32 Å². The van der Waals surface area contributed by atoms with E-state index >= 15 is 0 Å². The molecule has 3 aromatic rings. The van der Waals surface area contributed by atoms with Crippen molar-refractivity contribution in [3.63, 3.8) is 0 Å². The van der Waals surface area contributed by atoms with Gasteiger partial charge in [-0.05, 0) is 47.6 Å². The Balaban J connectivity index is 1.92. The first-order valence-electron chi connectivity index (χ1n) is 7.80. The highest BCUT2D eigenvalue weighted by atomic mass is 32.1. The summed E-state index contributed by atoms with van der Waals surface area (Å²) in [7, 11) is 0. The van der Waals surface area contributed by atoms with Crippen LogP contribution in [0.25, 0.3) is 10.2 Å². The molecule has 0 aliphatic carbocycles. The highest BCUT2D eigenvalue weighted by Gasteiger charge is 2.20. The first-order valence-corrected chi connectivity index (χ1v) is 8.61. The van der Waals surface area contributed by atoms with Crippen LogP contribution in [0.2, 0.25) is 0 Å². The smallest absolute Gasteiger partial charge is 0.138 e. The van der Waals surface area contributed by atoms with Crippen LogP contribution in [0.5, 0.6) is 0 Å². The van der Waals surface area contributed by atoms with Gasteiger partial charge in [0.15, 0.2) is 0 Å². The molecule has 3 heterocycles.